The van der Waals surface area contributed by atoms with Gasteiger partial charge in [0.1, 0.15) is 0 Å². The van der Waals surface area contributed by atoms with Crippen LogP contribution in [0.15, 0.2) is 29.3 Å². The van der Waals surface area contributed by atoms with Crippen LogP contribution >= 0.6 is 0 Å². The van der Waals surface area contributed by atoms with Crippen LogP contribution in [0.25, 0.3) is 0 Å². The van der Waals surface area contributed by atoms with E-state index in [-0.39, 0.29) is 0 Å². The molecule has 3 rings (SSSR count). The first-order chi connectivity index (χ1) is 9.22. The topological polar surface area (TPSA) is 15.6 Å². The predicted octanol–water partition coefficient (Wildman–Crippen LogP) is 3.15. The number of benzene rings is 1. The quantitative estimate of drug-likeness (QED) is 0.753. The third-order valence-electron chi connectivity index (χ3n) is 4.83. The summed E-state index contributed by atoms with van der Waals surface area (Å²) in [6, 6.07) is 8.89. The van der Waals surface area contributed by atoms with Gasteiger partial charge in [-0.1, -0.05) is 24.3 Å². The van der Waals surface area contributed by atoms with E-state index in [2.05, 4.69) is 43.1 Å². The molecule has 19 heavy (non-hydrogen) atoms. The second-order valence-corrected chi connectivity index (χ2v) is 6.24. The van der Waals surface area contributed by atoms with Gasteiger partial charge in [0.2, 0.25) is 0 Å². The van der Waals surface area contributed by atoms with Gasteiger partial charge in [0.25, 0.3) is 0 Å². The van der Waals surface area contributed by atoms with Crippen LogP contribution in [-0.4, -0.2) is 37.3 Å². The Kier molecular flexibility index (Phi) is 3.44. The molecule has 0 bridgehead atoms. The predicted molar refractivity (Wildman–Crippen MR) is 81.0 cm³/mol. The van der Waals surface area contributed by atoms with Crippen molar-refractivity contribution in [3.63, 3.8) is 0 Å². The zero-order chi connectivity index (χ0) is 13.3. The van der Waals surface area contributed by atoms with E-state index in [4.69, 9.17) is 4.99 Å². The van der Waals surface area contributed by atoms with Crippen LogP contribution < -0.4 is 0 Å². The number of rotatable bonds is 1. The van der Waals surface area contributed by atoms with Crippen molar-refractivity contribution in [2.45, 2.75) is 32.6 Å². The largest absolute Gasteiger partial charge is 0.306 e. The molecule has 1 aromatic carbocycles. The first-order valence-electron chi connectivity index (χ1n) is 7.53. The molecule has 0 atom stereocenters. The van der Waals surface area contributed by atoms with E-state index in [1.165, 1.54) is 55.6 Å². The van der Waals surface area contributed by atoms with Crippen LogP contribution in [0, 0.1) is 5.41 Å². The number of hydrogen-bond acceptors (Lipinski definition) is 2. The van der Waals surface area contributed by atoms with Crippen molar-refractivity contribution in [3.05, 3.63) is 35.4 Å². The second kappa shape index (κ2) is 5.09. The third-order valence-corrected chi connectivity index (χ3v) is 4.83. The molecule has 1 fully saturated rings. The Morgan fingerprint density at radius 3 is 2.63 bits per heavy atom. The van der Waals surface area contributed by atoms with Gasteiger partial charge in [-0.15, -0.1) is 0 Å². The summed E-state index contributed by atoms with van der Waals surface area (Å²) < 4.78 is 0. The van der Waals surface area contributed by atoms with Crippen LogP contribution in [0.4, 0.5) is 0 Å². The van der Waals surface area contributed by atoms with Crippen molar-refractivity contribution in [1.29, 1.82) is 0 Å². The van der Waals surface area contributed by atoms with Crippen LogP contribution in [0.1, 0.15) is 37.3 Å². The minimum Gasteiger partial charge on any atom is -0.306 e. The monoisotopic (exact) mass is 256 g/mol. The van der Waals surface area contributed by atoms with E-state index in [0.717, 1.165) is 6.54 Å². The Balaban J connectivity index is 1.95. The van der Waals surface area contributed by atoms with E-state index in [0.29, 0.717) is 5.41 Å². The van der Waals surface area contributed by atoms with Crippen LogP contribution in [-0.2, 0) is 6.42 Å². The lowest BCUT2D eigenvalue weighted by Crippen LogP contribution is -2.42. The molecule has 0 N–H and O–H groups in total. The average Bonchev–Trinajstić information content (AvgIpc) is 2.43. The molecular weight excluding hydrogens is 232 g/mol. The van der Waals surface area contributed by atoms with Gasteiger partial charge in [0, 0.05) is 12.3 Å². The van der Waals surface area contributed by atoms with Gasteiger partial charge in [-0.2, -0.15) is 0 Å². The summed E-state index contributed by atoms with van der Waals surface area (Å²) in [5, 5.41) is 0. The summed E-state index contributed by atoms with van der Waals surface area (Å²) in [7, 11) is 2.24. The average molecular weight is 256 g/mol. The molecule has 0 aromatic heterocycles. The van der Waals surface area contributed by atoms with Crippen molar-refractivity contribution in [1.82, 2.24) is 4.90 Å². The summed E-state index contributed by atoms with van der Waals surface area (Å²) in [6.07, 6.45) is 5.08. The minimum absolute atomic E-state index is 0.481. The Morgan fingerprint density at radius 2 is 1.89 bits per heavy atom. The van der Waals surface area contributed by atoms with Crippen molar-refractivity contribution >= 4 is 5.71 Å². The summed E-state index contributed by atoms with van der Waals surface area (Å²) in [5.74, 6) is 0. The molecule has 1 aliphatic carbocycles. The van der Waals surface area contributed by atoms with E-state index in [9.17, 15) is 0 Å². The van der Waals surface area contributed by atoms with E-state index >= 15 is 0 Å². The lowest BCUT2D eigenvalue weighted by atomic mass is 9.65. The van der Waals surface area contributed by atoms with Crippen molar-refractivity contribution < 1.29 is 0 Å². The number of piperidine rings is 1. The van der Waals surface area contributed by atoms with Crippen molar-refractivity contribution in [2.75, 3.05) is 26.7 Å². The molecule has 2 nitrogen and oxygen atoms in total. The summed E-state index contributed by atoms with van der Waals surface area (Å²) >= 11 is 0. The lowest BCUT2D eigenvalue weighted by Gasteiger charge is -2.44. The third kappa shape index (κ3) is 2.46. The number of hydrogen-bond donors (Lipinski definition) is 0. The highest BCUT2D eigenvalue weighted by molar-refractivity contribution is 6.03. The molecular formula is C17H24N2. The van der Waals surface area contributed by atoms with E-state index in [1.54, 1.807) is 0 Å². The van der Waals surface area contributed by atoms with Gasteiger partial charge in [-0.3, -0.25) is 4.99 Å². The van der Waals surface area contributed by atoms with Crippen LogP contribution in [0.2, 0.25) is 0 Å². The first-order valence-corrected chi connectivity index (χ1v) is 7.53. The SMILES string of the molecule is CCN=C1CC2(CCN(C)CC2)Cc2ccccc21. The molecule has 0 saturated carbocycles. The lowest BCUT2D eigenvalue weighted by molar-refractivity contribution is 0.126. The number of aliphatic imine (C=N–C) groups is 1. The molecule has 1 saturated heterocycles. The molecule has 1 heterocycles. The maximum atomic E-state index is 4.80. The fourth-order valence-electron chi connectivity index (χ4n) is 3.65. The second-order valence-electron chi connectivity index (χ2n) is 6.24. The normalized spacial score (nSPS) is 24.6. The van der Waals surface area contributed by atoms with Crippen molar-refractivity contribution in [3.8, 4) is 0 Å². The van der Waals surface area contributed by atoms with E-state index in [1.807, 2.05) is 0 Å². The number of likely N-dealkylation sites (tertiary alicyclic amines) is 1. The fourth-order valence-corrected chi connectivity index (χ4v) is 3.65. The van der Waals surface area contributed by atoms with Gasteiger partial charge >= 0.3 is 0 Å². The van der Waals surface area contributed by atoms with Crippen LogP contribution in [0.3, 0.4) is 0 Å². The zero-order valence-corrected chi connectivity index (χ0v) is 12.2. The summed E-state index contributed by atoms with van der Waals surface area (Å²) in [5.41, 5.74) is 4.77. The Morgan fingerprint density at radius 1 is 1.16 bits per heavy atom. The van der Waals surface area contributed by atoms with Crippen molar-refractivity contribution in [2.24, 2.45) is 10.4 Å². The fraction of sp³-hybridized carbons (Fsp3) is 0.588. The smallest absolute Gasteiger partial charge is 0.0428 e. The standard InChI is InChI=1S/C17H24N2/c1-3-18-16-13-17(8-10-19(2)11-9-17)12-14-6-4-5-7-15(14)16/h4-7H,3,8-13H2,1-2H3. The molecule has 102 valence electrons. The maximum Gasteiger partial charge on any atom is 0.0428 e. The van der Waals surface area contributed by atoms with E-state index < -0.39 is 0 Å². The number of fused-ring (bicyclic) bond motifs is 1. The first kappa shape index (κ1) is 12.9. The van der Waals surface area contributed by atoms with Gasteiger partial charge in [0.05, 0.1) is 0 Å². The highest BCUT2D eigenvalue weighted by Gasteiger charge is 2.39. The summed E-state index contributed by atoms with van der Waals surface area (Å²) in [6.45, 7) is 5.52. The number of nitrogens with zero attached hydrogens (tertiary/aromatic N) is 2. The Bertz CT molecular complexity index is 482. The molecule has 1 aromatic rings. The Hall–Kier alpha value is -1.15. The van der Waals surface area contributed by atoms with Gasteiger partial charge in [-0.05, 0) is 69.3 Å². The maximum absolute atomic E-state index is 4.80. The van der Waals surface area contributed by atoms with Gasteiger partial charge in [-0.25, -0.2) is 0 Å². The minimum atomic E-state index is 0.481. The highest BCUT2D eigenvalue weighted by atomic mass is 15.1. The van der Waals surface area contributed by atoms with Crippen LogP contribution in [0.5, 0.6) is 0 Å². The zero-order valence-electron chi connectivity index (χ0n) is 12.2. The molecule has 1 spiro atoms. The summed E-state index contributed by atoms with van der Waals surface area (Å²) in [4.78, 5) is 7.26. The molecule has 0 unspecified atom stereocenters. The Labute approximate surface area is 116 Å². The molecule has 1 aliphatic heterocycles. The highest BCUT2D eigenvalue weighted by Crippen LogP contribution is 2.43. The molecule has 0 amide bonds. The molecule has 0 radical (unpaired) electrons. The molecule has 2 heteroatoms. The van der Waals surface area contributed by atoms with Gasteiger partial charge < -0.3 is 4.90 Å². The molecule has 2 aliphatic rings. The van der Waals surface area contributed by atoms with Gasteiger partial charge in [0.15, 0.2) is 0 Å².